The van der Waals surface area contributed by atoms with Gasteiger partial charge in [0.05, 0.1) is 11.1 Å². The number of rotatable bonds is 2. The first-order chi connectivity index (χ1) is 9.76. The van der Waals surface area contributed by atoms with Gasteiger partial charge >= 0.3 is 6.09 Å². The summed E-state index contributed by atoms with van der Waals surface area (Å²) in [6, 6.07) is 6.49. The molecule has 3 amide bonds. The fourth-order valence-corrected chi connectivity index (χ4v) is 2.06. The predicted molar refractivity (Wildman–Crippen MR) is 75.6 cm³/mol. The summed E-state index contributed by atoms with van der Waals surface area (Å²) in [5, 5.41) is 1.87. The average Bonchev–Trinajstić information content (AvgIpc) is 2.64. The van der Waals surface area contributed by atoms with Crippen LogP contribution in [0, 0.1) is 0 Å². The average molecular weight is 290 g/mol. The van der Waals surface area contributed by atoms with Crippen LogP contribution >= 0.6 is 0 Å². The second-order valence-electron chi connectivity index (χ2n) is 5.66. The van der Waals surface area contributed by atoms with E-state index in [-0.39, 0.29) is 6.54 Å². The van der Waals surface area contributed by atoms with E-state index in [4.69, 9.17) is 4.74 Å². The molecule has 1 aromatic carbocycles. The maximum atomic E-state index is 12.3. The molecule has 1 aliphatic rings. The number of benzene rings is 1. The molecular weight excluding hydrogens is 272 g/mol. The minimum absolute atomic E-state index is 0.153. The van der Waals surface area contributed by atoms with E-state index in [0.29, 0.717) is 11.1 Å². The molecule has 1 heterocycles. The van der Waals surface area contributed by atoms with Crippen molar-refractivity contribution in [2.24, 2.45) is 0 Å². The predicted octanol–water partition coefficient (Wildman–Crippen LogP) is 2.45. The molecule has 0 N–H and O–H groups in total. The number of carbonyl (C=O) groups is 3. The van der Waals surface area contributed by atoms with Crippen molar-refractivity contribution >= 4 is 17.9 Å². The van der Waals surface area contributed by atoms with Gasteiger partial charge < -0.3 is 4.74 Å². The molecule has 0 spiro atoms. The van der Waals surface area contributed by atoms with E-state index in [9.17, 15) is 14.4 Å². The van der Waals surface area contributed by atoms with Crippen LogP contribution in [0.4, 0.5) is 4.79 Å². The molecule has 6 nitrogen and oxygen atoms in total. The first-order valence-corrected chi connectivity index (χ1v) is 6.74. The Bertz CT molecular complexity index is 569. The summed E-state index contributed by atoms with van der Waals surface area (Å²) in [6.45, 7) is 7.00. The largest absolute Gasteiger partial charge is 0.442 e. The number of ether oxygens (including phenoxy) is 1. The van der Waals surface area contributed by atoms with E-state index in [0.717, 1.165) is 10.0 Å². The summed E-state index contributed by atoms with van der Waals surface area (Å²) >= 11 is 0. The number of hydrogen-bond acceptors (Lipinski definition) is 4. The molecule has 21 heavy (non-hydrogen) atoms. The molecule has 0 fully saturated rings. The smallest absolute Gasteiger partial charge is 0.429 e. The van der Waals surface area contributed by atoms with Crippen molar-refractivity contribution in [2.45, 2.75) is 33.3 Å². The lowest BCUT2D eigenvalue weighted by Crippen LogP contribution is -2.51. The molecule has 1 aromatic rings. The maximum Gasteiger partial charge on any atom is 0.429 e. The molecular formula is C15H18N2O4. The fraction of sp³-hybridized carbons (Fsp3) is 0.400. The minimum atomic E-state index is -0.723. The van der Waals surface area contributed by atoms with Gasteiger partial charge in [-0.15, -0.1) is 0 Å². The molecule has 0 aliphatic carbocycles. The number of amides is 3. The summed E-state index contributed by atoms with van der Waals surface area (Å²) in [5.41, 5.74) is -0.114. The summed E-state index contributed by atoms with van der Waals surface area (Å²) in [6.07, 6.45) is -0.723. The van der Waals surface area contributed by atoms with Gasteiger partial charge in [-0.1, -0.05) is 12.1 Å². The van der Waals surface area contributed by atoms with Crippen LogP contribution in [-0.4, -0.2) is 40.1 Å². The first kappa shape index (κ1) is 15.0. The Labute approximate surface area is 123 Å². The van der Waals surface area contributed by atoms with E-state index >= 15 is 0 Å². The normalized spacial score (nSPS) is 14.2. The molecule has 112 valence electrons. The molecule has 0 unspecified atom stereocenters. The van der Waals surface area contributed by atoms with Crippen LogP contribution in [0.25, 0.3) is 0 Å². The lowest BCUT2D eigenvalue weighted by Gasteiger charge is -2.31. The molecule has 0 saturated carbocycles. The first-order valence-electron chi connectivity index (χ1n) is 6.74. The highest BCUT2D eigenvalue weighted by Gasteiger charge is 2.41. The zero-order valence-corrected chi connectivity index (χ0v) is 12.5. The standard InChI is InChI=1S/C15H18N2O4/c1-5-16(14(20)21-15(2,3)4)17-12(18)10-8-6-7-9-11(10)13(17)19/h6-9H,5H2,1-4H3. The highest BCUT2D eigenvalue weighted by atomic mass is 16.6. The van der Waals surface area contributed by atoms with Crippen LogP contribution in [0.3, 0.4) is 0 Å². The molecule has 0 radical (unpaired) electrons. The lowest BCUT2D eigenvalue weighted by molar-refractivity contribution is -0.0268. The Morgan fingerprint density at radius 1 is 1.14 bits per heavy atom. The van der Waals surface area contributed by atoms with Crippen molar-refractivity contribution in [1.29, 1.82) is 0 Å². The van der Waals surface area contributed by atoms with Crippen molar-refractivity contribution in [3.05, 3.63) is 35.4 Å². The second-order valence-corrected chi connectivity index (χ2v) is 5.66. The molecule has 0 atom stereocenters. The van der Waals surface area contributed by atoms with Crippen molar-refractivity contribution in [3.8, 4) is 0 Å². The molecule has 0 bridgehead atoms. The van der Waals surface area contributed by atoms with Crippen LogP contribution in [0.2, 0.25) is 0 Å². The minimum Gasteiger partial charge on any atom is -0.442 e. The maximum absolute atomic E-state index is 12.3. The van der Waals surface area contributed by atoms with Gasteiger partial charge in [-0.25, -0.2) is 9.80 Å². The summed E-state index contributed by atoms with van der Waals surface area (Å²) < 4.78 is 5.24. The Morgan fingerprint density at radius 2 is 1.62 bits per heavy atom. The quantitative estimate of drug-likeness (QED) is 0.785. The summed E-state index contributed by atoms with van der Waals surface area (Å²) in [7, 11) is 0. The van der Waals surface area contributed by atoms with Crippen molar-refractivity contribution in [3.63, 3.8) is 0 Å². The van der Waals surface area contributed by atoms with Crippen molar-refractivity contribution in [1.82, 2.24) is 10.0 Å². The molecule has 0 saturated heterocycles. The highest BCUT2D eigenvalue weighted by molar-refractivity contribution is 6.21. The zero-order chi connectivity index (χ0) is 15.8. The number of imide groups is 1. The van der Waals surface area contributed by atoms with Crippen LogP contribution in [-0.2, 0) is 4.74 Å². The van der Waals surface area contributed by atoms with Crippen LogP contribution < -0.4 is 0 Å². The van der Waals surface area contributed by atoms with E-state index < -0.39 is 23.5 Å². The topological polar surface area (TPSA) is 66.9 Å². The SMILES string of the molecule is CCN(C(=O)OC(C)(C)C)N1C(=O)c2ccccc2C1=O. The van der Waals surface area contributed by atoms with E-state index in [1.807, 2.05) is 0 Å². The Kier molecular flexibility index (Phi) is 3.72. The Balaban J connectivity index is 2.31. The third kappa shape index (κ3) is 2.74. The van der Waals surface area contributed by atoms with Gasteiger partial charge in [0.15, 0.2) is 0 Å². The van der Waals surface area contributed by atoms with Crippen LogP contribution in [0.5, 0.6) is 0 Å². The van der Waals surface area contributed by atoms with Crippen molar-refractivity contribution in [2.75, 3.05) is 6.54 Å². The van der Waals surface area contributed by atoms with Gasteiger partial charge in [0.25, 0.3) is 11.8 Å². The van der Waals surface area contributed by atoms with E-state index in [1.54, 1.807) is 52.0 Å². The monoisotopic (exact) mass is 290 g/mol. The van der Waals surface area contributed by atoms with Crippen molar-refractivity contribution < 1.29 is 19.1 Å². The van der Waals surface area contributed by atoms with Gasteiger partial charge in [-0.3, -0.25) is 9.59 Å². The zero-order valence-electron chi connectivity index (χ0n) is 12.5. The third-order valence-corrected chi connectivity index (χ3v) is 2.92. The van der Waals surface area contributed by atoms with E-state index in [1.165, 1.54) is 0 Å². The third-order valence-electron chi connectivity index (χ3n) is 2.92. The fourth-order valence-electron chi connectivity index (χ4n) is 2.06. The van der Waals surface area contributed by atoms with Crippen LogP contribution in [0.15, 0.2) is 24.3 Å². The van der Waals surface area contributed by atoms with E-state index in [2.05, 4.69) is 0 Å². The number of nitrogens with zero attached hydrogens (tertiary/aromatic N) is 2. The number of fused-ring (bicyclic) bond motifs is 1. The number of hydrazine groups is 1. The Morgan fingerprint density at radius 3 is 2.00 bits per heavy atom. The number of hydrogen-bond donors (Lipinski definition) is 0. The van der Waals surface area contributed by atoms with Gasteiger partial charge in [0.1, 0.15) is 5.60 Å². The van der Waals surface area contributed by atoms with Crippen LogP contribution in [0.1, 0.15) is 48.4 Å². The Hall–Kier alpha value is -2.37. The molecule has 6 heteroatoms. The molecule has 2 rings (SSSR count). The highest BCUT2D eigenvalue weighted by Crippen LogP contribution is 2.25. The van der Waals surface area contributed by atoms with Gasteiger partial charge in [-0.05, 0) is 39.8 Å². The summed E-state index contributed by atoms with van der Waals surface area (Å²) in [4.78, 5) is 36.8. The second kappa shape index (κ2) is 5.20. The summed E-state index contributed by atoms with van der Waals surface area (Å²) in [5.74, 6) is -1.02. The van der Waals surface area contributed by atoms with Gasteiger partial charge in [-0.2, -0.15) is 5.01 Å². The number of carbonyl (C=O) groups excluding carboxylic acids is 3. The molecule has 0 aromatic heterocycles. The molecule has 1 aliphatic heterocycles. The van der Waals surface area contributed by atoms with Gasteiger partial charge in [0.2, 0.25) is 0 Å². The van der Waals surface area contributed by atoms with Gasteiger partial charge in [0, 0.05) is 6.54 Å². The lowest BCUT2D eigenvalue weighted by atomic mass is 10.1.